The number of benzene rings is 2. The fourth-order valence-electron chi connectivity index (χ4n) is 4.93. The summed E-state index contributed by atoms with van der Waals surface area (Å²) in [5.74, 6) is -0.134. The Morgan fingerprint density at radius 2 is 1.95 bits per heavy atom. The molecule has 0 saturated carbocycles. The molecule has 0 radical (unpaired) electrons. The molecule has 37 heavy (non-hydrogen) atoms. The Balaban J connectivity index is 1.40. The van der Waals surface area contributed by atoms with E-state index < -0.39 is 0 Å². The third kappa shape index (κ3) is 6.78. The Morgan fingerprint density at radius 3 is 2.68 bits per heavy atom. The van der Waals surface area contributed by atoms with Gasteiger partial charge < -0.3 is 30.7 Å². The summed E-state index contributed by atoms with van der Waals surface area (Å²) < 4.78 is 12.1. The lowest BCUT2D eigenvalue weighted by atomic mass is 9.99. The van der Waals surface area contributed by atoms with Gasteiger partial charge in [0.25, 0.3) is 5.91 Å². The number of aliphatic imine (C=N–C) groups is 1. The zero-order chi connectivity index (χ0) is 26.4. The first-order valence-electron chi connectivity index (χ1n) is 12.7. The van der Waals surface area contributed by atoms with Crippen LogP contribution < -0.4 is 16.4 Å². The first kappa shape index (κ1) is 27.3. The molecule has 2 heterocycles. The molecule has 0 aromatic heterocycles. The van der Waals surface area contributed by atoms with Crippen molar-refractivity contribution in [2.45, 2.75) is 44.4 Å². The number of methoxy groups -OCH3 is 1. The number of likely N-dealkylation sites (tertiary alicyclic amines) is 1. The number of amides is 1. The number of carbonyl (C=O) groups is 1. The maximum atomic E-state index is 13.5. The smallest absolute Gasteiger partial charge is 0.272 e. The van der Waals surface area contributed by atoms with E-state index in [2.05, 4.69) is 56.3 Å². The Hall–Kier alpha value is -2.72. The summed E-state index contributed by atoms with van der Waals surface area (Å²) in [7, 11) is 1.73. The van der Waals surface area contributed by atoms with Gasteiger partial charge in [-0.1, -0.05) is 34.6 Å². The van der Waals surface area contributed by atoms with E-state index >= 15 is 0 Å². The van der Waals surface area contributed by atoms with Gasteiger partial charge in [-0.05, 0) is 61.2 Å². The molecule has 1 amide bonds. The van der Waals surface area contributed by atoms with Crippen molar-refractivity contribution < 1.29 is 14.3 Å². The van der Waals surface area contributed by atoms with Crippen LogP contribution in [0.2, 0.25) is 0 Å². The summed E-state index contributed by atoms with van der Waals surface area (Å²) in [6.07, 6.45) is 3.89. The number of piperidine rings is 1. The third-order valence-corrected chi connectivity index (χ3v) is 7.64. The van der Waals surface area contributed by atoms with Crippen molar-refractivity contribution >= 4 is 44.6 Å². The molecule has 2 fully saturated rings. The van der Waals surface area contributed by atoms with Crippen LogP contribution in [-0.2, 0) is 14.3 Å². The molecule has 2 aromatic rings. The minimum Gasteiger partial charge on any atom is -0.390 e. The Morgan fingerprint density at radius 1 is 1.22 bits per heavy atom. The lowest BCUT2D eigenvalue weighted by Gasteiger charge is -2.38. The molecule has 2 aliphatic heterocycles. The summed E-state index contributed by atoms with van der Waals surface area (Å²) in [5, 5.41) is 9.29. The number of nitrogens with zero attached hydrogens (tertiary/aromatic N) is 2. The van der Waals surface area contributed by atoms with Crippen molar-refractivity contribution in [3.8, 4) is 0 Å². The van der Waals surface area contributed by atoms with Crippen LogP contribution in [0.15, 0.2) is 69.4 Å². The molecular formula is C28H36BrN5O3. The number of allylic oxidation sites excluding steroid dienone is 1. The molecule has 9 heteroatoms. The SMILES string of the molecule is C=C(Nc1ccc2cc(Br)ccc2c1)/C(C)=C(\N=C/N)C(=O)N1CCC(N[C@@H]2CCOC[C@@H]2OC)CC1. The van der Waals surface area contributed by atoms with Crippen LogP contribution in [0.5, 0.6) is 0 Å². The highest BCUT2D eigenvalue weighted by molar-refractivity contribution is 9.10. The quantitative estimate of drug-likeness (QED) is 0.191. The first-order valence-corrected chi connectivity index (χ1v) is 13.5. The molecule has 2 atom stereocenters. The van der Waals surface area contributed by atoms with E-state index in [9.17, 15) is 4.79 Å². The van der Waals surface area contributed by atoms with Gasteiger partial charge >= 0.3 is 0 Å². The molecule has 2 aromatic carbocycles. The highest BCUT2D eigenvalue weighted by atomic mass is 79.9. The number of ether oxygens (including phenoxy) is 2. The number of nitrogens with one attached hydrogen (secondary N) is 2. The molecule has 0 bridgehead atoms. The average Bonchev–Trinajstić information content (AvgIpc) is 2.91. The maximum absolute atomic E-state index is 13.5. The van der Waals surface area contributed by atoms with Gasteiger partial charge in [0.15, 0.2) is 0 Å². The molecule has 8 nitrogen and oxygen atoms in total. The lowest BCUT2D eigenvalue weighted by molar-refractivity contribution is -0.128. The molecule has 198 valence electrons. The van der Waals surface area contributed by atoms with Crippen LogP contribution >= 0.6 is 15.9 Å². The number of anilines is 1. The van der Waals surface area contributed by atoms with Crippen LogP contribution in [0.4, 0.5) is 5.69 Å². The number of nitrogens with two attached hydrogens (primary N) is 1. The predicted molar refractivity (Wildman–Crippen MR) is 153 cm³/mol. The maximum Gasteiger partial charge on any atom is 0.272 e. The van der Waals surface area contributed by atoms with Gasteiger partial charge in [-0.3, -0.25) is 4.79 Å². The second kappa shape index (κ2) is 12.7. The van der Waals surface area contributed by atoms with E-state index in [1.807, 2.05) is 30.0 Å². The van der Waals surface area contributed by atoms with E-state index in [0.29, 0.717) is 42.7 Å². The van der Waals surface area contributed by atoms with Crippen molar-refractivity contribution in [2.24, 2.45) is 10.7 Å². The fraction of sp³-hybridized carbons (Fsp3) is 0.429. The van der Waals surface area contributed by atoms with Crippen LogP contribution in [0.1, 0.15) is 26.2 Å². The zero-order valence-corrected chi connectivity index (χ0v) is 23.1. The van der Waals surface area contributed by atoms with Crippen LogP contribution in [0, 0.1) is 0 Å². The predicted octanol–water partition coefficient (Wildman–Crippen LogP) is 4.17. The molecule has 0 spiro atoms. The van der Waals surface area contributed by atoms with Crippen molar-refractivity contribution in [3.63, 3.8) is 0 Å². The van der Waals surface area contributed by atoms with E-state index in [4.69, 9.17) is 15.2 Å². The molecule has 4 N–H and O–H groups in total. The van der Waals surface area contributed by atoms with Gasteiger partial charge in [0.2, 0.25) is 0 Å². The van der Waals surface area contributed by atoms with E-state index in [1.165, 1.54) is 6.34 Å². The number of halogens is 1. The number of hydrogen-bond acceptors (Lipinski definition) is 6. The van der Waals surface area contributed by atoms with Gasteiger partial charge in [-0.15, -0.1) is 0 Å². The van der Waals surface area contributed by atoms with E-state index in [-0.39, 0.29) is 18.1 Å². The van der Waals surface area contributed by atoms with Crippen LogP contribution in [0.25, 0.3) is 10.8 Å². The van der Waals surface area contributed by atoms with Crippen LogP contribution in [0.3, 0.4) is 0 Å². The summed E-state index contributed by atoms with van der Waals surface area (Å²) >= 11 is 3.51. The Kier molecular flexibility index (Phi) is 9.37. The number of carbonyl (C=O) groups excluding carboxylic acids is 1. The monoisotopic (exact) mass is 569 g/mol. The second-order valence-electron chi connectivity index (χ2n) is 9.54. The van der Waals surface area contributed by atoms with Gasteiger partial charge in [0.05, 0.1) is 19.0 Å². The van der Waals surface area contributed by atoms with Gasteiger partial charge in [0, 0.05) is 60.3 Å². The number of fused-ring (bicyclic) bond motifs is 1. The highest BCUT2D eigenvalue weighted by Gasteiger charge is 2.31. The van der Waals surface area contributed by atoms with Gasteiger partial charge in [0.1, 0.15) is 5.70 Å². The van der Waals surface area contributed by atoms with Crippen LogP contribution in [-0.4, -0.2) is 68.7 Å². The largest absolute Gasteiger partial charge is 0.390 e. The van der Waals surface area contributed by atoms with Crippen molar-refractivity contribution in [3.05, 3.63) is 64.4 Å². The first-order chi connectivity index (χ1) is 17.9. The second-order valence-corrected chi connectivity index (χ2v) is 10.5. The van der Waals surface area contributed by atoms with Crippen molar-refractivity contribution in [2.75, 3.05) is 38.7 Å². The van der Waals surface area contributed by atoms with Crippen molar-refractivity contribution in [1.82, 2.24) is 10.2 Å². The topological polar surface area (TPSA) is 101 Å². The summed E-state index contributed by atoms with van der Waals surface area (Å²) in [5.41, 5.74) is 8.09. The minimum atomic E-state index is -0.134. The standard InChI is InChI=1S/C28H36BrN5O3/c1-18(19(2)32-24-7-5-20-14-22(29)6-4-21(20)15-24)27(31-17-30)28(35)34-11-8-23(9-12-34)33-25-10-13-37-16-26(25)36-3/h4-7,14-15,17,23,25-26,32-33H,2,8-13,16H2,1,3H3,(H2,30,31)/b27-18-/t25-,26+/m1/s1. The molecule has 0 aliphatic carbocycles. The highest BCUT2D eigenvalue weighted by Crippen LogP contribution is 2.26. The van der Waals surface area contributed by atoms with Gasteiger partial charge in [-0.25, -0.2) is 4.99 Å². The Labute approximate surface area is 227 Å². The average molecular weight is 571 g/mol. The lowest BCUT2D eigenvalue weighted by Crippen LogP contribution is -2.54. The molecule has 0 unspecified atom stereocenters. The number of rotatable bonds is 8. The Bertz CT molecular complexity index is 1190. The van der Waals surface area contributed by atoms with Gasteiger partial charge in [-0.2, -0.15) is 0 Å². The molecule has 2 saturated heterocycles. The van der Waals surface area contributed by atoms with E-state index in [0.717, 1.165) is 46.8 Å². The number of hydrogen-bond donors (Lipinski definition) is 3. The zero-order valence-electron chi connectivity index (χ0n) is 21.5. The van der Waals surface area contributed by atoms with E-state index in [1.54, 1.807) is 7.11 Å². The fourth-order valence-corrected chi connectivity index (χ4v) is 5.31. The summed E-state index contributed by atoms with van der Waals surface area (Å²) in [4.78, 5) is 19.6. The molecule has 4 rings (SSSR count). The molecule has 2 aliphatic rings. The minimum absolute atomic E-state index is 0.0625. The summed E-state index contributed by atoms with van der Waals surface area (Å²) in [6, 6.07) is 12.8. The van der Waals surface area contributed by atoms with Crippen molar-refractivity contribution in [1.29, 1.82) is 0 Å². The summed E-state index contributed by atoms with van der Waals surface area (Å²) in [6.45, 7) is 8.67. The normalized spacial score (nSPS) is 21.8. The third-order valence-electron chi connectivity index (χ3n) is 7.15. The molecular weight excluding hydrogens is 534 g/mol.